The van der Waals surface area contributed by atoms with Gasteiger partial charge in [-0.2, -0.15) is 10.4 Å². The predicted molar refractivity (Wildman–Crippen MR) is 41.6 cm³/mol. The summed E-state index contributed by atoms with van der Waals surface area (Å²) < 4.78 is 4.57. The molecule has 12 heavy (non-hydrogen) atoms. The van der Waals surface area contributed by atoms with Crippen LogP contribution < -0.4 is 0 Å². The molecule has 0 heterocycles. The zero-order valence-corrected chi connectivity index (χ0v) is 6.65. The molecule has 0 aliphatic heterocycles. The summed E-state index contributed by atoms with van der Waals surface area (Å²) in [5.41, 5.74) is 1.08. The molecule has 0 N–H and O–H groups in total. The standard InChI is InChI=1S/C9H8NO2/c1-12-9(11)8-4-2-7(6-10)3-5-8/h2-5,9H,1H3. The zero-order valence-electron chi connectivity index (χ0n) is 6.65. The smallest absolute Gasteiger partial charge is 0.217 e. The van der Waals surface area contributed by atoms with Crippen LogP contribution in [-0.2, 0) is 9.84 Å². The SMILES string of the molecule is COC([O])c1ccc(C#N)cc1. The molecule has 61 valence electrons. The number of rotatable bonds is 2. The second kappa shape index (κ2) is 3.86. The van der Waals surface area contributed by atoms with Gasteiger partial charge in [-0.25, -0.2) is 0 Å². The molecular weight excluding hydrogens is 154 g/mol. The molecule has 0 aliphatic rings. The van der Waals surface area contributed by atoms with E-state index in [9.17, 15) is 5.11 Å². The van der Waals surface area contributed by atoms with E-state index in [-0.39, 0.29) is 0 Å². The molecule has 1 unspecified atom stereocenters. The van der Waals surface area contributed by atoms with Crippen molar-refractivity contribution < 1.29 is 9.84 Å². The molecule has 0 aliphatic carbocycles. The molecule has 0 saturated heterocycles. The molecule has 0 fully saturated rings. The number of methoxy groups -OCH3 is 1. The number of ether oxygens (including phenoxy) is 1. The van der Waals surface area contributed by atoms with Gasteiger partial charge in [0, 0.05) is 12.7 Å². The summed E-state index contributed by atoms with van der Waals surface area (Å²) in [6, 6.07) is 8.36. The van der Waals surface area contributed by atoms with E-state index in [0.717, 1.165) is 0 Å². The van der Waals surface area contributed by atoms with Crippen LogP contribution in [0.2, 0.25) is 0 Å². The Kier molecular flexibility index (Phi) is 2.81. The van der Waals surface area contributed by atoms with Crippen molar-refractivity contribution in [3.8, 4) is 6.07 Å². The number of nitriles is 1. The van der Waals surface area contributed by atoms with Crippen molar-refractivity contribution in [2.45, 2.75) is 6.29 Å². The van der Waals surface area contributed by atoms with Gasteiger partial charge in [-0.3, -0.25) is 0 Å². The van der Waals surface area contributed by atoms with Gasteiger partial charge in [0.15, 0.2) is 0 Å². The highest BCUT2D eigenvalue weighted by atomic mass is 16.6. The highest BCUT2D eigenvalue weighted by Crippen LogP contribution is 2.13. The Hall–Kier alpha value is -1.37. The maximum atomic E-state index is 11.0. The van der Waals surface area contributed by atoms with E-state index in [1.165, 1.54) is 7.11 Å². The third-order valence-electron chi connectivity index (χ3n) is 1.53. The molecule has 0 saturated carbocycles. The number of hydrogen-bond donors (Lipinski definition) is 0. The normalized spacial score (nSPS) is 12.1. The van der Waals surface area contributed by atoms with Gasteiger partial charge >= 0.3 is 0 Å². The van der Waals surface area contributed by atoms with Gasteiger partial charge in [-0.15, -0.1) is 0 Å². The molecule has 0 aromatic heterocycles. The van der Waals surface area contributed by atoms with Crippen LogP contribution >= 0.6 is 0 Å². The quantitative estimate of drug-likeness (QED) is 0.620. The van der Waals surface area contributed by atoms with E-state index < -0.39 is 6.29 Å². The van der Waals surface area contributed by atoms with Crippen LogP contribution in [0.3, 0.4) is 0 Å². The molecule has 0 bridgehead atoms. The first-order valence-corrected chi connectivity index (χ1v) is 3.46. The van der Waals surface area contributed by atoms with Crippen molar-refractivity contribution in [3.05, 3.63) is 35.4 Å². The van der Waals surface area contributed by atoms with E-state index in [1.807, 2.05) is 6.07 Å². The minimum Gasteiger partial charge on any atom is -0.349 e. The average molecular weight is 162 g/mol. The summed E-state index contributed by atoms with van der Waals surface area (Å²) in [5, 5.41) is 19.5. The molecule has 1 aromatic rings. The van der Waals surface area contributed by atoms with Crippen molar-refractivity contribution in [1.29, 1.82) is 5.26 Å². The lowest BCUT2D eigenvalue weighted by Gasteiger charge is -2.04. The summed E-state index contributed by atoms with van der Waals surface area (Å²) in [6.07, 6.45) is -1.15. The molecule has 0 amide bonds. The minimum atomic E-state index is -1.15. The predicted octanol–water partition coefficient (Wildman–Crippen LogP) is 1.63. The second-order valence-electron chi connectivity index (χ2n) is 2.30. The maximum Gasteiger partial charge on any atom is 0.217 e. The Morgan fingerprint density at radius 3 is 2.42 bits per heavy atom. The first-order chi connectivity index (χ1) is 5.77. The van der Waals surface area contributed by atoms with Gasteiger partial charge in [0.05, 0.1) is 11.6 Å². The summed E-state index contributed by atoms with van der Waals surface area (Å²) in [4.78, 5) is 0. The van der Waals surface area contributed by atoms with Gasteiger partial charge < -0.3 is 4.74 Å². The van der Waals surface area contributed by atoms with E-state index in [2.05, 4.69) is 4.74 Å². The second-order valence-corrected chi connectivity index (χ2v) is 2.30. The lowest BCUT2D eigenvalue weighted by atomic mass is 10.1. The Bertz CT molecular complexity index is 286. The third-order valence-corrected chi connectivity index (χ3v) is 1.53. The number of hydrogen-bond acceptors (Lipinski definition) is 2. The van der Waals surface area contributed by atoms with Gasteiger partial charge in [-0.1, -0.05) is 12.1 Å². The van der Waals surface area contributed by atoms with E-state index in [0.29, 0.717) is 11.1 Å². The molecule has 1 atom stereocenters. The molecule has 1 aromatic carbocycles. The molecule has 3 heteroatoms. The van der Waals surface area contributed by atoms with Crippen molar-refractivity contribution >= 4 is 0 Å². The van der Waals surface area contributed by atoms with Crippen LogP contribution in [0.1, 0.15) is 17.4 Å². The van der Waals surface area contributed by atoms with Crippen LogP contribution in [-0.4, -0.2) is 7.11 Å². The fourth-order valence-electron chi connectivity index (χ4n) is 0.851. The summed E-state index contributed by atoms with van der Waals surface area (Å²) in [5.74, 6) is 0. The molecule has 0 spiro atoms. The van der Waals surface area contributed by atoms with Crippen LogP contribution in [0.15, 0.2) is 24.3 Å². The monoisotopic (exact) mass is 162 g/mol. The third kappa shape index (κ3) is 1.82. The topological polar surface area (TPSA) is 52.9 Å². The van der Waals surface area contributed by atoms with Crippen LogP contribution in [0.25, 0.3) is 0 Å². The Morgan fingerprint density at radius 1 is 1.42 bits per heavy atom. The van der Waals surface area contributed by atoms with Gasteiger partial charge in [0.1, 0.15) is 0 Å². The van der Waals surface area contributed by atoms with Crippen LogP contribution in [0, 0.1) is 11.3 Å². The van der Waals surface area contributed by atoms with Gasteiger partial charge in [0.25, 0.3) is 0 Å². The fourth-order valence-corrected chi connectivity index (χ4v) is 0.851. The fraction of sp³-hybridized carbons (Fsp3) is 0.222. The number of benzene rings is 1. The summed E-state index contributed by atoms with van der Waals surface area (Å²) >= 11 is 0. The highest BCUT2D eigenvalue weighted by molar-refractivity contribution is 5.31. The molecule has 1 radical (unpaired) electrons. The van der Waals surface area contributed by atoms with Crippen molar-refractivity contribution in [2.75, 3.05) is 7.11 Å². The van der Waals surface area contributed by atoms with Crippen LogP contribution in [0.4, 0.5) is 0 Å². The van der Waals surface area contributed by atoms with Gasteiger partial charge in [0.2, 0.25) is 6.29 Å². The minimum absolute atomic E-state index is 0.538. The Balaban J connectivity index is 2.86. The van der Waals surface area contributed by atoms with E-state index in [4.69, 9.17) is 5.26 Å². The Morgan fingerprint density at radius 2 is 2.00 bits per heavy atom. The largest absolute Gasteiger partial charge is 0.349 e. The van der Waals surface area contributed by atoms with Crippen LogP contribution in [0.5, 0.6) is 0 Å². The highest BCUT2D eigenvalue weighted by Gasteiger charge is 2.05. The zero-order chi connectivity index (χ0) is 8.97. The average Bonchev–Trinajstić information content (AvgIpc) is 2.17. The van der Waals surface area contributed by atoms with Crippen molar-refractivity contribution in [1.82, 2.24) is 0 Å². The summed E-state index contributed by atoms with van der Waals surface area (Å²) in [6.45, 7) is 0. The maximum absolute atomic E-state index is 11.0. The first-order valence-electron chi connectivity index (χ1n) is 3.46. The molecule has 3 nitrogen and oxygen atoms in total. The van der Waals surface area contributed by atoms with E-state index >= 15 is 0 Å². The Labute approximate surface area is 70.8 Å². The van der Waals surface area contributed by atoms with Crippen molar-refractivity contribution in [2.24, 2.45) is 0 Å². The first kappa shape index (κ1) is 8.72. The number of nitrogens with zero attached hydrogens (tertiary/aromatic N) is 1. The lowest BCUT2D eigenvalue weighted by molar-refractivity contribution is -0.123. The summed E-state index contributed by atoms with van der Waals surface area (Å²) in [7, 11) is 1.36. The molecule has 1 rings (SSSR count). The van der Waals surface area contributed by atoms with E-state index in [1.54, 1.807) is 24.3 Å². The van der Waals surface area contributed by atoms with Crippen molar-refractivity contribution in [3.63, 3.8) is 0 Å². The molecular formula is C9H8NO2. The lowest BCUT2D eigenvalue weighted by Crippen LogP contribution is -1.96. The van der Waals surface area contributed by atoms with Gasteiger partial charge in [-0.05, 0) is 12.1 Å².